The summed E-state index contributed by atoms with van der Waals surface area (Å²) in [6.07, 6.45) is -5.55. The number of H-pyrrole nitrogens is 1. The fraction of sp³-hybridized carbons (Fsp3) is 0.333. The van der Waals surface area contributed by atoms with E-state index in [0.29, 0.717) is 0 Å². The van der Waals surface area contributed by atoms with E-state index in [9.17, 15) is 22.8 Å². The van der Waals surface area contributed by atoms with Crippen molar-refractivity contribution in [3.8, 4) is 5.75 Å². The number of rotatable bonds is 4. The Morgan fingerprint density at radius 1 is 1.50 bits per heavy atom. The van der Waals surface area contributed by atoms with Crippen molar-refractivity contribution in [2.45, 2.75) is 19.3 Å². The summed E-state index contributed by atoms with van der Waals surface area (Å²) in [5, 5.41) is 8.56. The minimum Gasteiger partial charge on any atom is -0.481 e. The van der Waals surface area contributed by atoms with Crippen molar-refractivity contribution in [2.24, 2.45) is 5.73 Å². The molecule has 0 aromatic carbocycles. The van der Waals surface area contributed by atoms with Crippen LogP contribution in [0, 0.1) is 0 Å². The lowest BCUT2D eigenvalue weighted by Gasteiger charge is -2.11. The van der Waals surface area contributed by atoms with Crippen LogP contribution in [0.5, 0.6) is 5.75 Å². The van der Waals surface area contributed by atoms with Crippen molar-refractivity contribution in [3.63, 3.8) is 0 Å². The topological polar surface area (TPSA) is 105 Å². The molecule has 0 aliphatic carbocycles. The van der Waals surface area contributed by atoms with Gasteiger partial charge in [0.05, 0.1) is 6.42 Å². The average molecular weight is 266 g/mol. The minimum absolute atomic E-state index is 0.0514. The number of alkyl halides is 3. The van der Waals surface area contributed by atoms with Crippen molar-refractivity contribution in [2.75, 3.05) is 0 Å². The number of pyridine rings is 1. The molecule has 0 aliphatic rings. The van der Waals surface area contributed by atoms with Crippen LogP contribution in [0.15, 0.2) is 10.9 Å². The number of hydrogen-bond donors (Lipinski definition) is 3. The first-order chi connectivity index (χ1) is 8.23. The molecule has 0 saturated heterocycles. The van der Waals surface area contributed by atoms with Gasteiger partial charge in [0.25, 0.3) is 5.56 Å². The second-order valence-corrected chi connectivity index (χ2v) is 3.29. The molecule has 1 aromatic rings. The van der Waals surface area contributed by atoms with Gasteiger partial charge >= 0.3 is 12.3 Å². The van der Waals surface area contributed by atoms with Crippen LogP contribution >= 0.6 is 0 Å². The van der Waals surface area contributed by atoms with Crippen LogP contribution in [0.2, 0.25) is 0 Å². The Morgan fingerprint density at radius 2 is 2.11 bits per heavy atom. The third kappa shape index (κ3) is 3.77. The van der Waals surface area contributed by atoms with E-state index >= 15 is 0 Å². The molecule has 1 aromatic heterocycles. The molecule has 0 spiro atoms. The molecule has 1 rings (SSSR count). The second-order valence-electron chi connectivity index (χ2n) is 3.29. The van der Waals surface area contributed by atoms with Gasteiger partial charge in [-0.1, -0.05) is 0 Å². The lowest BCUT2D eigenvalue weighted by atomic mass is 10.1. The van der Waals surface area contributed by atoms with Gasteiger partial charge in [0.15, 0.2) is 5.75 Å². The molecule has 0 atom stereocenters. The number of carboxylic acids is 1. The summed E-state index contributed by atoms with van der Waals surface area (Å²) in [5.41, 5.74) is 4.11. The fourth-order valence-corrected chi connectivity index (χ4v) is 1.28. The number of nitrogens with one attached hydrogen (secondary N) is 1. The van der Waals surface area contributed by atoms with E-state index in [0.717, 1.165) is 6.07 Å². The Morgan fingerprint density at radius 3 is 2.56 bits per heavy atom. The predicted octanol–water partition coefficient (Wildman–Crippen LogP) is 0.359. The van der Waals surface area contributed by atoms with Crippen LogP contribution in [-0.4, -0.2) is 22.4 Å². The molecule has 0 fully saturated rings. The monoisotopic (exact) mass is 266 g/mol. The van der Waals surface area contributed by atoms with E-state index in [4.69, 9.17) is 10.8 Å². The summed E-state index contributed by atoms with van der Waals surface area (Å²) < 4.78 is 39.4. The first kappa shape index (κ1) is 14.0. The van der Waals surface area contributed by atoms with Gasteiger partial charge in [0.1, 0.15) is 0 Å². The third-order valence-electron chi connectivity index (χ3n) is 1.95. The first-order valence-electron chi connectivity index (χ1n) is 4.65. The van der Waals surface area contributed by atoms with Crippen LogP contribution in [0.1, 0.15) is 11.3 Å². The minimum atomic E-state index is -5.01. The van der Waals surface area contributed by atoms with Crippen LogP contribution in [-0.2, 0) is 17.8 Å². The van der Waals surface area contributed by atoms with E-state index in [2.05, 4.69) is 4.74 Å². The molecule has 18 heavy (non-hydrogen) atoms. The standard InChI is InChI=1S/C9H9F3N2O4/c10-9(11,12)18-6-1-4(3-13)5(2-7(15)16)14-8(6)17/h1H,2-3,13H2,(H,14,17)(H,15,16). The number of aliphatic carboxylic acids is 1. The highest BCUT2D eigenvalue weighted by Crippen LogP contribution is 2.21. The number of ether oxygens (including phenoxy) is 1. The van der Waals surface area contributed by atoms with Crippen LogP contribution in [0.25, 0.3) is 0 Å². The lowest BCUT2D eigenvalue weighted by molar-refractivity contribution is -0.275. The summed E-state index contributed by atoms with van der Waals surface area (Å²) in [5.74, 6) is -2.22. The Bertz CT molecular complexity index is 510. The number of aromatic nitrogens is 1. The van der Waals surface area contributed by atoms with Crippen molar-refractivity contribution in [1.29, 1.82) is 0 Å². The van der Waals surface area contributed by atoms with Crippen molar-refractivity contribution < 1.29 is 27.8 Å². The van der Waals surface area contributed by atoms with Gasteiger partial charge in [0.2, 0.25) is 0 Å². The van der Waals surface area contributed by atoms with Gasteiger partial charge in [-0.05, 0) is 11.6 Å². The van der Waals surface area contributed by atoms with Gasteiger partial charge in [-0.3, -0.25) is 9.59 Å². The molecule has 0 aliphatic heterocycles. The molecule has 0 unspecified atom stereocenters. The molecular weight excluding hydrogens is 257 g/mol. The molecule has 100 valence electrons. The van der Waals surface area contributed by atoms with Crippen LogP contribution in [0.4, 0.5) is 13.2 Å². The smallest absolute Gasteiger partial charge is 0.481 e. The maximum atomic E-state index is 12.0. The van der Waals surface area contributed by atoms with Gasteiger partial charge < -0.3 is 20.6 Å². The number of hydrogen-bond acceptors (Lipinski definition) is 4. The summed E-state index contributed by atoms with van der Waals surface area (Å²) in [6, 6.07) is 0.782. The Kier molecular flexibility index (Phi) is 3.96. The number of carbonyl (C=O) groups is 1. The molecule has 9 heteroatoms. The molecule has 4 N–H and O–H groups in total. The van der Waals surface area contributed by atoms with Gasteiger partial charge in [0, 0.05) is 12.2 Å². The van der Waals surface area contributed by atoms with Crippen molar-refractivity contribution >= 4 is 5.97 Å². The molecule has 0 saturated carbocycles. The molecule has 6 nitrogen and oxygen atoms in total. The molecule has 1 heterocycles. The van der Waals surface area contributed by atoms with E-state index in [-0.39, 0.29) is 17.8 Å². The number of aromatic amines is 1. The fourth-order valence-electron chi connectivity index (χ4n) is 1.28. The molecule has 0 radical (unpaired) electrons. The Hall–Kier alpha value is -2.03. The van der Waals surface area contributed by atoms with Gasteiger partial charge in [-0.2, -0.15) is 0 Å². The van der Waals surface area contributed by atoms with E-state index in [1.165, 1.54) is 0 Å². The molecule has 0 bridgehead atoms. The zero-order valence-corrected chi connectivity index (χ0v) is 8.87. The Balaban J connectivity index is 3.18. The number of halogens is 3. The maximum absolute atomic E-state index is 12.0. The quantitative estimate of drug-likeness (QED) is 0.729. The zero-order valence-electron chi connectivity index (χ0n) is 8.87. The number of nitrogens with two attached hydrogens (primary N) is 1. The van der Waals surface area contributed by atoms with Crippen molar-refractivity contribution in [1.82, 2.24) is 4.98 Å². The SMILES string of the molecule is NCc1cc(OC(F)(F)F)c(=O)[nH]c1CC(=O)O. The highest BCUT2D eigenvalue weighted by Gasteiger charge is 2.32. The van der Waals surface area contributed by atoms with Gasteiger partial charge in [-0.25, -0.2) is 0 Å². The average Bonchev–Trinajstić information content (AvgIpc) is 2.19. The first-order valence-corrected chi connectivity index (χ1v) is 4.65. The van der Waals surface area contributed by atoms with E-state index in [1.54, 1.807) is 0 Å². The normalized spacial score (nSPS) is 11.3. The highest BCUT2D eigenvalue weighted by atomic mass is 19.4. The molecular formula is C9H9F3N2O4. The largest absolute Gasteiger partial charge is 0.573 e. The van der Waals surface area contributed by atoms with Crippen LogP contribution < -0.4 is 16.0 Å². The molecule has 0 amide bonds. The summed E-state index contributed by atoms with van der Waals surface area (Å²) >= 11 is 0. The second kappa shape index (κ2) is 5.08. The predicted molar refractivity (Wildman–Crippen MR) is 53.0 cm³/mol. The third-order valence-corrected chi connectivity index (χ3v) is 1.95. The summed E-state index contributed by atoms with van der Waals surface area (Å²) in [7, 11) is 0. The van der Waals surface area contributed by atoms with E-state index in [1.807, 2.05) is 4.98 Å². The lowest BCUT2D eigenvalue weighted by Crippen LogP contribution is -2.25. The maximum Gasteiger partial charge on any atom is 0.573 e. The van der Waals surface area contributed by atoms with Gasteiger partial charge in [-0.15, -0.1) is 13.2 Å². The summed E-state index contributed by atoms with van der Waals surface area (Å²) in [6.45, 7) is -0.229. The van der Waals surface area contributed by atoms with E-state index < -0.39 is 30.1 Å². The summed E-state index contributed by atoms with van der Waals surface area (Å²) in [4.78, 5) is 23.7. The highest BCUT2D eigenvalue weighted by molar-refractivity contribution is 5.70. The number of carboxylic acid groups (broad SMARTS) is 1. The van der Waals surface area contributed by atoms with Crippen LogP contribution in [0.3, 0.4) is 0 Å². The zero-order chi connectivity index (χ0) is 13.9. The van der Waals surface area contributed by atoms with Crippen molar-refractivity contribution in [3.05, 3.63) is 27.7 Å². The Labute approximate surface area is 98.2 Å².